The molecule has 0 atom stereocenters. The summed E-state index contributed by atoms with van der Waals surface area (Å²) in [6.07, 6.45) is 0. The topological polar surface area (TPSA) is 49.9 Å². The van der Waals surface area contributed by atoms with Crippen molar-refractivity contribution >= 4 is 11.8 Å². The van der Waals surface area contributed by atoms with Crippen molar-refractivity contribution in [2.24, 2.45) is 0 Å². The normalized spacial score (nSPS) is 14.2. The van der Waals surface area contributed by atoms with Crippen LogP contribution >= 0.6 is 0 Å². The lowest BCUT2D eigenvalue weighted by molar-refractivity contribution is -0.134. The van der Waals surface area contributed by atoms with Crippen LogP contribution < -0.4 is 4.74 Å². The van der Waals surface area contributed by atoms with Gasteiger partial charge in [-0.2, -0.15) is 0 Å². The maximum atomic E-state index is 13.7. The molecular formula is C19H18F2N2O3. The summed E-state index contributed by atoms with van der Waals surface area (Å²) in [5.74, 6) is -1.57. The number of carbonyl (C=O) groups excluding carboxylic acids is 2. The third kappa shape index (κ3) is 4.17. The number of rotatable bonds is 4. The summed E-state index contributed by atoms with van der Waals surface area (Å²) in [6.45, 7) is 1.06. The molecule has 1 aliphatic heterocycles. The van der Waals surface area contributed by atoms with E-state index in [9.17, 15) is 18.4 Å². The zero-order valence-electron chi connectivity index (χ0n) is 14.0. The fraction of sp³-hybridized carbons (Fsp3) is 0.263. The Balaban J connectivity index is 1.53. The molecule has 2 aromatic carbocycles. The summed E-state index contributed by atoms with van der Waals surface area (Å²) < 4.78 is 32.4. The lowest BCUT2D eigenvalue weighted by Crippen LogP contribution is -2.51. The van der Waals surface area contributed by atoms with E-state index in [1.54, 1.807) is 17.0 Å². The van der Waals surface area contributed by atoms with Gasteiger partial charge in [0.25, 0.3) is 11.8 Å². The van der Waals surface area contributed by atoms with E-state index in [0.29, 0.717) is 18.8 Å². The van der Waals surface area contributed by atoms with E-state index < -0.39 is 17.5 Å². The molecule has 0 aromatic heterocycles. The molecule has 0 unspecified atom stereocenters. The van der Waals surface area contributed by atoms with Gasteiger partial charge in [0.1, 0.15) is 17.4 Å². The van der Waals surface area contributed by atoms with Crippen molar-refractivity contribution in [3.63, 3.8) is 0 Å². The first-order chi connectivity index (χ1) is 12.5. The Morgan fingerprint density at radius 3 is 2.27 bits per heavy atom. The number of hydrogen-bond donors (Lipinski definition) is 0. The lowest BCUT2D eigenvalue weighted by Gasteiger charge is -2.34. The Bertz CT molecular complexity index is 791. The van der Waals surface area contributed by atoms with E-state index >= 15 is 0 Å². The van der Waals surface area contributed by atoms with Gasteiger partial charge in [-0.25, -0.2) is 8.78 Å². The highest BCUT2D eigenvalue weighted by Crippen LogP contribution is 2.15. The molecule has 1 heterocycles. The van der Waals surface area contributed by atoms with Crippen molar-refractivity contribution in [2.75, 3.05) is 32.8 Å². The molecule has 0 spiro atoms. The number of piperazine rings is 1. The van der Waals surface area contributed by atoms with Crippen molar-refractivity contribution < 1.29 is 23.1 Å². The molecule has 0 N–H and O–H groups in total. The molecule has 1 aliphatic rings. The van der Waals surface area contributed by atoms with Gasteiger partial charge in [-0.15, -0.1) is 0 Å². The van der Waals surface area contributed by atoms with Gasteiger partial charge in [-0.1, -0.05) is 18.2 Å². The van der Waals surface area contributed by atoms with Gasteiger partial charge < -0.3 is 14.5 Å². The standard InChI is InChI=1S/C19H18F2N2O3/c20-14-6-7-17(21)16(12-14)19(25)23-10-8-22(9-11-23)18(24)13-26-15-4-2-1-3-5-15/h1-7,12H,8-11,13H2. The molecule has 136 valence electrons. The van der Waals surface area contributed by atoms with Gasteiger partial charge in [0.2, 0.25) is 0 Å². The van der Waals surface area contributed by atoms with E-state index in [2.05, 4.69) is 0 Å². The maximum absolute atomic E-state index is 13.7. The molecule has 0 bridgehead atoms. The fourth-order valence-electron chi connectivity index (χ4n) is 2.74. The maximum Gasteiger partial charge on any atom is 0.260 e. The van der Waals surface area contributed by atoms with Crippen LogP contribution in [0.25, 0.3) is 0 Å². The van der Waals surface area contributed by atoms with Crippen LogP contribution in [0, 0.1) is 11.6 Å². The summed E-state index contributed by atoms with van der Waals surface area (Å²) >= 11 is 0. The van der Waals surface area contributed by atoms with Crippen molar-refractivity contribution in [3.05, 3.63) is 65.7 Å². The highest BCUT2D eigenvalue weighted by Gasteiger charge is 2.26. The van der Waals surface area contributed by atoms with E-state index in [4.69, 9.17) is 4.74 Å². The van der Waals surface area contributed by atoms with Gasteiger partial charge >= 0.3 is 0 Å². The quantitative estimate of drug-likeness (QED) is 0.841. The Morgan fingerprint density at radius 1 is 0.923 bits per heavy atom. The number of halogens is 2. The zero-order chi connectivity index (χ0) is 18.5. The molecular weight excluding hydrogens is 342 g/mol. The fourth-order valence-corrected chi connectivity index (χ4v) is 2.74. The lowest BCUT2D eigenvalue weighted by atomic mass is 10.1. The largest absolute Gasteiger partial charge is 0.484 e. The molecule has 7 heteroatoms. The van der Waals surface area contributed by atoms with Gasteiger partial charge in [0.05, 0.1) is 5.56 Å². The van der Waals surface area contributed by atoms with E-state index in [-0.39, 0.29) is 31.2 Å². The zero-order valence-corrected chi connectivity index (χ0v) is 14.0. The average molecular weight is 360 g/mol. The van der Waals surface area contributed by atoms with Crippen molar-refractivity contribution in [2.45, 2.75) is 0 Å². The predicted molar refractivity (Wildman–Crippen MR) is 90.8 cm³/mol. The van der Waals surface area contributed by atoms with E-state index in [1.807, 2.05) is 18.2 Å². The molecule has 3 rings (SSSR count). The number of nitrogens with zero attached hydrogens (tertiary/aromatic N) is 2. The first-order valence-electron chi connectivity index (χ1n) is 8.24. The van der Waals surface area contributed by atoms with Gasteiger partial charge in [-0.3, -0.25) is 9.59 Å². The van der Waals surface area contributed by atoms with Crippen LogP contribution in [-0.2, 0) is 4.79 Å². The second kappa shape index (κ2) is 7.95. The van der Waals surface area contributed by atoms with Gasteiger partial charge in [0.15, 0.2) is 6.61 Å². The van der Waals surface area contributed by atoms with Crippen molar-refractivity contribution in [1.82, 2.24) is 9.80 Å². The second-order valence-electron chi connectivity index (χ2n) is 5.90. The van der Waals surface area contributed by atoms with Crippen LogP contribution in [0.3, 0.4) is 0 Å². The second-order valence-corrected chi connectivity index (χ2v) is 5.90. The SMILES string of the molecule is O=C(COc1ccccc1)N1CCN(C(=O)c2cc(F)ccc2F)CC1. The Labute approximate surface area is 149 Å². The van der Waals surface area contributed by atoms with Crippen molar-refractivity contribution in [3.8, 4) is 5.75 Å². The first kappa shape index (κ1) is 17.8. The Kier molecular flexibility index (Phi) is 5.46. The first-order valence-corrected chi connectivity index (χ1v) is 8.24. The molecule has 26 heavy (non-hydrogen) atoms. The molecule has 0 saturated carbocycles. The number of para-hydroxylation sites is 1. The van der Waals surface area contributed by atoms with Gasteiger partial charge in [-0.05, 0) is 30.3 Å². The third-order valence-corrected chi connectivity index (χ3v) is 4.18. The van der Waals surface area contributed by atoms with Crippen LogP contribution in [0.4, 0.5) is 8.78 Å². The smallest absolute Gasteiger partial charge is 0.260 e. The van der Waals surface area contributed by atoms with Crippen LogP contribution in [0.5, 0.6) is 5.75 Å². The summed E-state index contributed by atoms with van der Waals surface area (Å²) in [5, 5.41) is 0. The molecule has 0 aliphatic carbocycles. The van der Waals surface area contributed by atoms with E-state index in [0.717, 1.165) is 18.2 Å². The molecule has 0 radical (unpaired) electrons. The van der Waals surface area contributed by atoms with Crippen LogP contribution in [-0.4, -0.2) is 54.4 Å². The number of hydrogen-bond acceptors (Lipinski definition) is 3. The Morgan fingerprint density at radius 2 is 1.58 bits per heavy atom. The molecule has 1 fully saturated rings. The highest BCUT2D eigenvalue weighted by atomic mass is 19.1. The minimum Gasteiger partial charge on any atom is -0.484 e. The number of amides is 2. The Hall–Kier alpha value is -2.96. The van der Waals surface area contributed by atoms with Crippen LogP contribution in [0.15, 0.2) is 48.5 Å². The van der Waals surface area contributed by atoms with Crippen LogP contribution in [0.2, 0.25) is 0 Å². The molecule has 2 aromatic rings. The number of benzene rings is 2. The van der Waals surface area contributed by atoms with Crippen LogP contribution in [0.1, 0.15) is 10.4 Å². The summed E-state index contributed by atoms with van der Waals surface area (Å²) in [4.78, 5) is 27.6. The minimum absolute atomic E-state index is 0.0868. The summed E-state index contributed by atoms with van der Waals surface area (Å²) in [5.41, 5.74) is -0.294. The predicted octanol–water partition coefficient (Wildman–Crippen LogP) is 2.33. The van der Waals surface area contributed by atoms with Crippen molar-refractivity contribution in [1.29, 1.82) is 0 Å². The molecule has 1 saturated heterocycles. The summed E-state index contributed by atoms with van der Waals surface area (Å²) in [7, 11) is 0. The molecule has 5 nitrogen and oxygen atoms in total. The third-order valence-electron chi connectivity index (χ3n) is 4.18. The highest BCUT2D eigenvalue weighted by molar-refractivity contribution is 5.94. The molecule has 2 amide bonds. The monoisotopic (exact) mass is 360 g/mol. The van der Waals surface area contributed by atoms with Gasteiger partial charge in [0, 0.05) is 26.2 Å². The summed E-state index contributed by atoms with van der Waals surface area (Å²) in [6, 6.07) is 11.8. The number of carbonyl (C=O) groups is 2. The van der Waals surface area contributed by atoms with E-state index in [1.165, 1.54) is 4.90 Å². The average Bonchev–Trinajstić information content (AvgIpc) is 2.68. The number of ether oxygens (including phenoxy) is 1. The minimum atomic E-state index is -0.758.